The SMILES string of the molecule is CC(C)C[C@@H]1CCO[C@H]2C(C(=O)N[C@@H]3CC=CC[C@H](CN)S[C@H]4O[C@H]3[C@H](O)[C@H](O)[C@H]4O)N(C(=O)O)C[C@@H]2C1. The van der Waals surface area contributed by atoms with Gasteiger partial charge in [-0.05, 0) is 43.9 Å². The van der Waals surface area contributed by atoms with E-state index in [1.807, 2.05) is 12.2 Å². The number of aliphatic hydroxyl groups excluding tert-OH is 3. The van der Waals surface area contributed by atoms with Gasteiger partial charge in [0, 0.05) is 30.9 Å². The van der Waals surface area contributed by atoms with Gasteiger partial charge in [-0.25, -0.2) is 4.79 Å². The van der Waals surface area contributed by atoms with Gasteiger partial charge in [0.05, 0.1) is 12.1 Å². The predicted octanol–water partition coefficient (Wildman–Crippen LogP) is 0.509. The summed E-state index contributed by atoms with van der Waals surface area (Å²) in [5.74, 6) is 0.334. The van der Waals surface area contributed by atoms with Crippen molar-refractivity contribution in [3.63, 3.8) is 0 Å². The van der Waals surface area contributed by atoms with Crippen LogP contribution in [0.3, 0.4) is 0 Å². The summed E-state index contributed by atoms with van der Waals surface area (Å²) in [6.45, 7) is 5.38. The highest BCUT2D eigenvalue weighted by atomic mass is 32.2. The zero-order valence-corrected chi connectivity index (χ0v) is 22.9. The number of hydrogen-bond acceptors (Lipinski definition) is 9. The van der Waals surface area contributed by atoms with E-state index in [0.717, 1.165) is 19.3 Å². The van der Waals surface area contributed by atoms with Gasteiger partial charge in [-0.2, -0.15) is 0 Å². The van der Waals surface area contributed by atoms with Gasteiger partial charge in [-0.15, -0.1) is 11.8 Å². The second kappa shape index (κ2) is 12.8. The predicted molar refractivity (Wildman–Crippen MR) is 141 cm³/mol. The zero-order valence-electron chi connectivity index (χ0n) is 22.1. The standard InChI is InChI=1S/C26H43N3O8S/c1-13(2)9-14-7-8-36-22-15(10-14)12-29(26(34)35)18(22)24(33)28-17-6-4-3-5-16(11-27)38-25-21(32)19(30)20(31)23(17)37-25/h3-4,13-23,25,30-32H,5-12,27H2,1-2H3,(H,28,33)(H,34,35)/t14-,15-,16+,17+,18?,19-,20+,21+,22+,23+,25+/m0/s1. The van der Waals surface area contributed by atoms with Gasteiger partial charge in [0.15, 0.2) is 0 Å². The quantitative estimate of drug-likeness (QED) is 0.261. The van der Waals surface area contributed by atoms with Crippen LogP contribution in [0.2, 0.25) is 0 Å². The number of ether oxygens (including phenoxy) is 2. The molecule has 0 aliphatic carbocycles. The van der Waals surface area contributed by atoms with Crippen molar-refractivity contribution >= 4 is 23.8 Å². The fraction of sp³-hybridized carbons (Fsp3) is 0.846. The minimum atomic E-state index is -1.47. The highest BCUT2D eigenvalue weighted by Gasteiger charge is 2.52. The summed E-state index contributed by atoms with van der Waals surface area (Å²) >= 11 is 1.29. The third kappa shape index (κ3) is 6.48. The van der Waals surface area contributed by atoms with Crippen LogP contribution >= 0.6 is 11.8 Å². The summed E-state index contributed by atoms with van der Waals surface area (Å²) in [6, 6.07) is -1.79. The summed E-state index contributed by atoms with van der Waals surface area (Å²) in [7, 11) is 0. The van der Waals surface area contributed by atoms with Gasteiger partial charge in [-0.1, -0.05) is 26.0 Å². The summed E-state index contributed by atoms with van der Waals surface area (Å²) in [4.78, 5) is 27.1. The molecule has 38 heavy (non-hydrogen) atoms. The smallest absolute Gasteiger partial charge is 0.408 e. The van der Waals surface area contributed by atoms with Gasteiger partial charge in [0.2, 0.25) is 5.91 Å². The molecule has 0 aromatic heterocycles. The van der Waals surface area contributed by atoms with E-state index in [9.17, 15) is 30.0 Å². The average Bonchev–Trinajstić information content (AvgIpc) is 3.12. The van der Waals surface area contributed by atoms with E-state index in [1.54, 1.807) is 0 Å². The number of hydrogen-bond donors (Lipinski definition) is 6. The van der Waals surface area contributed by atoms with Crippen LogP contribution < -0.4 is 11.1 Å². The van der Waals surface area contributed by atoms with E-state index in [2.05, 4.69) is 19.2 Å². The van der Waals surface area contributed by atoms with Crippen molar-refractivity contribution < 1.29 is 39.5 Å². The number of allylic oxidation sites excluding steroid dienone is 1. The first kappa shape index (κ1) is 29.6. The van der Waals surface area contributed by atoms with Crippen molar-refractivity contribution in [1.29, 1.82) is 0 Å². The third-order valence-electron chi connectivity index (χ3n) is 8.21. The molecule has 4 heterocycles. The van der Waals surface area contributed by atoms with E-state index < -0.39 is 60.0 Å². The molecule has 11 nitrogen and oxygen atoms in total. The van der Waals surface area contributed by atoms with Gasteiger partial charge in [0.1, 0.15) is 35.9 Å². The second-order valence-corrected chi connectivity index (χ2v) is 12.9. The Morgan fingerprint density at radius 2 is 1.87 bits per heavy atom. The van der Waals surface area contributed by atoms with Gasteiger partial charge in [-0.3, -0.25) is 9.69 Å². The van der Waals surface area contributed by atoms with E-state index >= 15 is 0 Å². The maximum atomic E-state index is 13.7. The van der Waals surface area contributed by atoms with Crippen LogP contribution in [0.15, 0.2) is 12.2 Å². The number of thioether (sulfide) groups is 1. The number of carbonyl (C=O) groups is 2. The lowest BCUT2D eigenvalue weighted by molar-refractivity contribution is -0.205. The summed E-state index contributed by atoms with van der Waals surface area (Å²) in [6.07, 6.45) is 0.430. The molecule has 0 radical (unpaired) electrons. The van der Waals surface area contributed by atoms with Crippen molar-refractivity contribution in [2.45, 2.75) is 99.2 Å². The Bertz CT molecular complexity index is 862. The minimum Gasteiger partial charge on any atom is -0.465 e. The first-order valence-corrected chi connectivity index (χ1v) is 14.7. The number of aliphatic hydroxyl groups is 3. The normalized spacial score (nSPS) is 41.9. The molecule has 3 saturated heterocycles. The maximum absolute atomic E-state index is 13.7. The molecule has 216 valence electrons. The Balaban J connectivity index is 1.55. The molecule has 0 aromatic carbocycles. The fourth-order valence-corrected chi connectivity index (χ4v) is 7.60. The highest BCUT2D eigenvalue weighted by Crippen LogP contribution is 2.38. The largest absolute Gasteiger partial charge is 0.465 e. The van der Waals surface area contributed by atoms with Crippen LogP contribution in [0.4, 0.5) is 4.79 Å². The van der Waals surface area contributed by atoms with Crippen molar-refractivity contribution in [2.24, 2.45) is 23.5 Å². The number of rotatable bonds is 5. The first-order chi connectivity index (χ1) is 18.1. The van der Waals surface area contributed by atoms with E-state index in [4.69, 9.17) is 15.2 Å². The molecule has 4 rings (SSSR count). The second-order valence-electron chi connectivity index (χ2n) is 11.5. The minimum absolute atomic E-state index is 0.0495. The Kier molecular flexibility index (Phi) is 9.99. The van der Waals surface area contributed by atoms with Crippen LogP contribution in [0.25, 0.3) is 0 Å². The lowest BCUT2D eigenvalue weighted by Crippen LogP contribution is -2.64. The lowest BCUT2D eigenvalue weighted by atomic mass is 9.85. The van der Waals surface area contributed by atoms with Crippen LogP contribution in [0, 0.1) is 17.8 Å². The Labute approximate surface area is 228 Å². The van der Waals surface area contributed by atoms with E-state index in [-0.39, 0.29) is 24.1 Å². The fourth-order valence-electron chi connectivity index (χ4n) is 6.38. The van der Waals surface area contributed by atoms with Crippen molar-refractivity contribution in [2.75, 3.05) is 19.7 Å². The average molecular weight is 558 g/mol. The molecule has 4 aliphatic heterocycles. The number of fused-ring (bicyclic) bond motifs is 3. The molecular formula is C26H43N3O8S. The van der Waals surface area contributed by atoms with Crippen molar-refractivity contribution in [1.82, 2.24) is 10.2 Å². The molecular weight excluding hydrogens is 514 g/mol. The molecule has 4 aliphatic rings. The number of carboxylic acid groups (broad SMARTS) is 1. The highest BCUT2D eigenvalue weighted by molar-refractivity contribution is 8.00. The van der Waals surface area contributed by atoms with Crippen LogP contribution in [-0.2, 0) is 14.3 Å². The van der Waals surface area contributed by atoms with Gasteiger partial charge >= 0.3 is 6.09 Å². The molecule has 11 atom stereocenters. The van der Waals surface area contributed by atoms with Crippen LogP contribution in [0.5, 0.6) is 0 Å². The number of nitrogens with one attached hydrogen (secondary N) is 1. The number of nitrogens with two attached hydrogens (primary N) is 1. The monoisotopic (exact) mass is 557 g/mol. The Morgan fingerprint density at radius 3 is 2.55 bits per heavy atom. The number of amides is 2. The maximum Gasteiger partial charge on any atom is 0.408 e. The van der Waals surface area contributed by atoms with Gasteiger partial charge in [0.25, 0.3) is 0 Å². The Hall–Kier alpha value is -1.41. The Morgan fingerprint density at radius 1 is 1.13 bits per heavy atom. The zero-order chi connectivity index (χ0) is 27.6. The van der Waals surface area contributed by atoms with Gasteiger partial charge < -0.3 is 41.0 Å². The molecule has 0 spiro atoms. The molecule has 3 fully saturated rings. The lowest BCUT2D eigenvalue weighted by Gasteiger charge is -2.44. The molecule has 0 aromatic rings. The topological polar surface area (TPSA) is 175 Å². The molecule has 2 bridgehead atoms. The first-order valence-electron chi connectivity index (χ1n) is 13.7. The van der Waals surface area contributed by atoms with Crippen LogP contribution in [-0.4, -0.2) is 110 Å². The molecule has 0 saturated carbocycles. The molecule has 7 N–H and O–H groups in total. The summed E-state index contributed by atoms with van der Waals surface area (Å²) in [5.41, 5.74) is 5.02. The summed E-state index contributed by atoms with van der Waals surface area (Å²) < 4.78 is 12.2. The van der Waals surface area contributed by atoms with Crippen molar-refractivity contribution in [3.8, 4) is 0 Å². The molecule has 2 amide bonds. The number of carbonyl (C=O) groups excluding carboxylic acids is 1. The molecule has 1 unspecified atom stereocenters. The van der Waals surface area contributed by atoms with Crippen molar-refractivity contribution in [3.05, 3.63) is 12.2 Å². The summed E-state index contributed by atoms with van der Waals surface area (Å²) in [5, 5.41) is 44.7. The number of nitrogens with zero attached hydrogens (tertiary/aromatic N) is 1. The molecule has 12 heteroatoms. The third-order valence-corrected chi connectivity index (χ3v) is 9.64. The van der Waals surface area contributed by atoms with E-state index in [0.29, 0.717) is 31.4 Å². The van der Waals surface area contributed by atoms with E-state index in [1.165, 1.54) is 16.7 Å². The van der Waals surface area contributed by atoms with Crippen LogP contribution in [0.1, 0.15) is 46.0 Å². The number of likely N-dealkylation sites (tertiary alicyclic amines) is 1.